The van der Waals surface area contributed by atoms with Crippen LogP contribution in [0.3, 0.4) is 0 Å². The number of amides is 1. The zero-order valence-electron chi connectivity index (χ0n) is 11.7. The summed E-state index contributed by atoms with van der Waals surface area (Å²) >= 11 is 0. The average Bonchev–Trinajstić information content (AvgIpc) is 2.39. The van der Waals surface area contributed by atoms with Gasteiger partial charge >= 0.3 is 17.8 Å². The summed E-state index contributed by atoms with van der Waals surface area (Å²) < 4.78 is 31.4. The van der Waals surface area contributed by atoms with Gasteiger partial charge in [0.2, 0.25) is 0 Å². The van der Waals surface area contributed by atoms with E-state index in [4.69, 9.17) is 0 Å². The molecule has 110 valence electrons. The lowest BCUT2D eigenvalue weighted by molar-refractivity contribution is -0.183. The summed E-state index contributed by atoms with van der Waals surface area (Å²) in [6.45, 7) is 5.90. The second-order valence-electron chi connectivity index (χ2n) is 5.25. The van der Waals surface area contributed by atoms with Crippen molar-refractivity contribution in [2.45, 2.75) is 46.0 Å². The number of carbonyl (C=O) groups excluding carboxylic acids is 2. The zero-order valence-corrected chi connectivity index (χ0v) is 11.7. The summed E-state index contributed by atoms with van der Waals surface area (Å²) in [7, 11) is 0. The molecule has 0 aromatic carbocycles. The molecule has 0 spiro atoms. The molecule has 1 fully saturated rings. The van der Waals surface area contributed by atoms with Crippen LogP contribution in [0.4, 0.5) is 8.78 Å². The number of esters is 1. The molecule has 0 bridgehead atoms. The van der Waals surface area contributed by atoms with Crippen molar-refractivity contribution in [3.8, 4) is 0 Å². The summed E-state index contributed by atoms with van der Waals surface area (Å²) in [5, 5.41) is 0. The van der Waals surface area contributed by atoms with Crippen LogP contribution in [0, 0.1) is 5.41 Å². The van der Waals surface area contributed by atoms with Gasteiger partial charge < -0.3 is 9.64 Å². The minimum absolute atomic E-state index is 0.0932. The normalized spacial score (nSPS) is 19.1. The Bertz CT molecular complexity index is 350. The van der Waals surface area contributed by atoms with Gasteiger partial charge in [-0.15, -0.1) is 0 Å². The quantitative estimate of drug-likeness (QED) is 0.585. The maximum atomic E-state index is 13.6. The molecule has 1 amide bonds. The lowest BCUT2D eigenvalue weighted by Gasteiger charge is -2.39. The van der Waals surface area contributed by atoms with Gasteiger partial charge in [-0.2, -0.15) is 8.78 Å². The van der Waals surface area contributed by atoms with Crippen LogP contribution in [0.5, 0.6) is 0 Å². The number of rotatable bonds is 4. The molecule has 0 unspecified atom stereocenters. The number of halogens is 2. The number of hydrogen-bond donors (Lipinski definition) is 0. The summed E-state index contributed by atoms with van der Waals surface area (Å²) in [5.41, 5.74) is 0.0932. The van der Waals surface area contributed by atoms with E-state index in [9.17, 15) is 18.4 Å². The van der Waals surface area contributed by atoms with Crippen molar-refractivity contribution in [1.29, 1.82) is 0 Å². The monoisotopic (exact) mass is 277 g/mol. The van der Waals surface area contributed by atoms with E-state index in [1.165, 1.54) is 6.92 Å². The largest absolute Gasteiger partial charge is 0.461 e. The molecule has 0 aliphatic carbocycles. The Labute approximate surface area is 112 Å². The molecule has 19 heavy (non-hydrogen) atoms. The molecule has 1 saturated heterocycles. The lowest BCUT2D eigenvalue weighted by atomic mass is 9.78. The first-order valence-electron chi connectivity index (χ1n) is 6.61. The highest BCUT2D eigenvalue weighted by molar-refractivity contribution is 6.04. The van der Waals surface area contributed by atoms with Crippen LogP contribution in [0.25, 0.3) is 0 Å². The van der Waals surface area contributed by atoms with Crippen LogP contribution in [0.1, 0.15) is 40.0 Å². The minimum atomic E-state index is -4.07. The molecule has 0 atom stereocenters. The number of hydrogen-bond acceptors (Lipinski definition) is 3. The molecule has 1 aliphatic rings. The SMILES string of the molecule is CCOC(=O)C(F)(F)C(=O)N1CCC(C)(CC)CC1. The van der Waals surface area contributed by atoms with Crippen molar-refractivity contribution in [2.75, 3.05) is 19.7 Å². The van der Waals surface area contributed by atoms with Gasteiger partial charge in [0.15, 0.2) is 0 Å². The van der Waals surface area contributed by atoms with Crippen molar-refractivity contribution in [3.63, 3.8) is 0 Å². The maximum absolute atomic E-state index is 13.6. The second kappa shape index (κ2) is 5.84. The van der Waals surface area contributed by atoms with Gasteiger partial charge in [-0.05, 0) is 25.2 Å². The highest BCUT2D eigenvalue weighted by Gasteiger charge is 2.52. The van der Waals surface area contributed by atoms with Crippen LogP contribution in [-0.4, -0.2) is 42.4 Å². The number of nitrogens with zero attached hydrogens (tertiary/aromatic N) is 1. The Kier molecular flexibility index (Phi) is 4.87. The molecule has 0 saturated carbocycles. The van der Waals surface area contributed by atoms with E-state index in [0.29, 0.717) is 12.8 Å². The van der Waals surface area contributed by atoms with Crippen molar-refractivity contribution in [1.82, 2.24) is 4.90 Å². The molecule has 1 heterocycles. The molecule has 1 aliphatic heterocycles. The smallest absolute Gasteiger partial charge is 0.419 e. The molecular weight excluding hydrogens is 256 g/mol. The van der Waals surface area contributed by atoms with Crippen molar-refractivity contribution >= 4 is 11.9 Å². The van der Waals surface area contributed by atoms with Gasteiger partial charge in [-0.25, -0.2) is 4.79 Å². The van der Waals surface area contributed by atoms with Gasteiger partial charge in [0.1, 0.15) is 0 Å². The van der Waals surface area contributed by atoms with E-state index >= 15 is 0 Å². The molecule has 4 nitrogen and oxygen atoms in total. The Balaban J connectivity index is 2.67. The van der Waals surface area contributed by atoms with Gasteiger partial charge in [0.25, 0.3) is 0 Å². The van der Waals surface area contributed by atoms with Gasteiger partial charge in [-0.3, -0.25) is 4.79 Å². The number of ether oxygens (including phenoxy) is 1. The molecule has 0 N–H and O–H groups in total. The molecule has 0 radical (unpaired) electrons. The van der Waals surface area contributed by atoms with Gasteiger partial charge in [-0.1, -0.05) is 20.3 Å². The summed E-state index contributed by atoms with van der Waals surface area (Å²) in [6.07, 6.45) is 2.30. The summed E-state index contributed by atoms with van der Waals surface area (Å²) in [5.74, 6) is -7.27. The third kappa shape index (κ3) is 3.42. The fourth-order valence-corrected chi connectivity index (χ4v) is 2.11. The van der Waals surface area contributed by atoms with Gasteiger partial charge in [0, 0.05) is 13.1 Å². The number of likely N-dealkylation sites (tertiary alicyclic amines) is 1. The number of carbonyl (C=O) groups is 2. The fraction of sp³-hybridized carbons (Fsp3) is 0.846. The Morgan fingerprint density at radius 3 is 2.21 bits per heavy atom. The predicted molar refractivity (Wildman–Crippen MR) is 65.8 cm³/mol. The van der Waals surface area contributed by atoms with E-state index in [1.54, 1.807) is 0 Å². The first kappa shape index (κ1) is 15.9. The molecule has 0 aromatic rings. The predicted octanol–water partition coefficient (Wildman–Crippen LogP) is 2.22. The van der Waals surface area contributed by atoms with Crippen LogP contribution in [-0.2, 0) is 14.3 Å². The van der Waals surface area contributed by atoms with Crippen LogP contribution >= 0.6 is 0 Å². The van der Waals surface area contributed by atoms with Crippen LogP contribution < -0.4 is 0 Å². The van der Waals surface area contributed by atoms with Crippen molar-refractivity contribution in [3.05, 3.63) is 0 Å². The first-order valence-corrected chi connectivity index (χ1v) is 6.61. The molecule has 6 heteroatoms. The van der Waals surface area contributed by atoms with E-state index < -0.39 is 17.8 Å². The van der Waals surface area contributed by atoms with Crippen molar-refractivity contribution < 1.29 is 23.1 Å². The molecular formula is C13H21F2NO3. The first-order chi connectivity index (χ1) is 8.77. The van der Waals surface area contributed by atoms with E-state index in [0.717, 1.165) is 11.3 Å². The van der Waals surface area contributed by atoms with Crippen molar-refractivity contribution in [2.24, 2.45) is 5.41 Å². The number of alkyl halides is 2. The standard InChI is InChI=1S/C13H21F2NO3/c1-4-12(3)6-8-16(9-7-12)10(17)13(14,15)11(18)19-5-2/h4-9H2,1-3H3. The second-order valence-corrected chi connectivity index (χ2v) is 5.25. The Morgan fingerprint density at radius 1 is 1.26 bits per heavy atom. The summed E-state index contributed by atoms with van der Waals surface area (Å²) in [4.78, 5) is 23.9. The van der Waals surface area contributed by atoms with E-state index in [-0.39, 0.29) is 25.1 Å². The average molecular weight is 277 g/mol. The highest BCUT2D eigenvalue weighted by Crippen LogP contribution is 2.35. The van der Waals surface area contributed by atoms with E-state index in [1.807, 2.05) is 6.92 Å². The maximum Gasteiger partial charge on any atom is 0.419 e. The fourth-order valence-electron chi connectivity index (χ4n) is 2.11. The van der Waals surface area contributed by atoms with E-state index in [2.05, 4.69) is 11.7 Å². The zero-order chi connectivity index (χ0) is 14.7. The highest BCUT2D eigenvalue weighted by atomic mass is 19.3. The minimum Gasteiger partial charge on any atom is -0.461 e. The van der Waals surface area contributed by atoms with Gasteiger partial charge in [0.05, 0.1) is 6.61 Å². The molecule has 1 rings (SSSR count). The Morgan fingerprint density at radius 2 is 1.79 bits per heavy atom. The Hall–Kier alpha value is -1.20. The van der Waals surface area contributed by atoms with Crippen LogP contribution in [0.15, 0.2) is 0 Å². The van der Waals surface area contributed by atoms with Crippen LogP contribution in [0.2, 0.25) is 0 Å². The molecule has 0 aromatic heterocycles. The summed E-state index contributed by atoms with van der Waals surface area (Å²) in [6, 6.07) is 0. The topological polar surface area (TPSA) is 46.6 Å². The number of piperidine rings is 1. The third-order valence-corrected chi connectivity index (χ3v) is 3.91. The third-order valence-electron chi connectivity index (χ3n) is 3.91. The lowest BCUT2D eigenvalue weighted by Crippen LogP contribution is -2.52.